The first-order valence-electron chi connectivity index (χ1n) is 6.81. The Morgan fingerprint density at radius 3 is 2.64 bits per heavy atom. The van der Waals surface area contributed by atoms with E-state index in [1.807, 2.05) is 7.05 Å². The lowest BCUT2D eigenvalue weighted by molar-refractivity contribution is 0.672. The fourth-order valence-corrected chi connectivity index (χ4v) is 2.59. The zero-order valence-electron chi connectivity index (χ0n) is 13.2. The Balaban J connectivity index is 0.00000242. The van der Waals surface area contributed by atoms with E-state index >= 15 is 0 Å². The molecule has 0 aliphatic heterocycles. The topological polar surface area (TPSA) is 80.0 Å². The number of nitrogens with one attached hydrogen (secondary N) is 2. The molecule has 2 aromatic rings. The summed E-state index contributed by atoms with van der Waals surface area (Å²) in [7, 11) is 3.61. The molecule has 0 aliphatic rings. The lowest BCUT2D eigenvalue weighted by Gasteiger charge is -2.10. The Bertz CT molecular complexity index is 605. The van der Waals surface area contributed by atoms with Crippen molar-refractivity contribution in [2.24, 2.45) is 12.0 Å². The summed E-state index contributed by atoms with van der Waals surface area (Å²) in [5.74, 6) is 2.04. The maximum Gasteiger partial charge on any atom is 0.191 e. The highest BCUT2D eigenvalue weighted by Gasteiger charge is 2.07. The molecule has 0 bridgehead atoms. The van der Waals surface area contributed by atoms with Gasteiger partial charge in [-0.3, -0.25) is 9.67 Å². The van der Waals surface area contributed by atoms with Crippen LogP contribution in [0.4, 0.5) is 0 Å². The minimum atomic E-state index is 0. The molecule has 122 valence electrons. The lowest BCUT2D eigenvalue weighted by Crippen LogP contribution is -2.36. The maximum absolute atomic E-state index is 4.59. The van der Waals surface area contributed by atoms with Gasteiger partial charge in [0.05, 0.1) is 18.8 Å². The first kappa shape index (κ1) is 18.8. The van der Waals surface area contributed by atoms with Crippen molar-refractivity contribution in [3.63, 3.8) is 0 Å². The number of thiazole rings is 1. The van der Waals surface area contributed by atoms with Gasteiger partial charge in [0.1, 0.15) is 17.2 Å². The molecule has 0 radical (unpaired) electrons. The zero-order chi connectivity index (χ0) is 15.2. The third kappa shape index (κ3) is 5.20. The molecule has 2 N–H and O–H groups in total. The minimum absolute atomic E-state index is 0. The molecule has 22 heavy (non-hydrogen) atoms. The third-order valence-corrected chi connectivity index (χ3v) is 3.88. The number of halogens is 1. The van der Waals surface area contributed by atoms with Gasteiger partial charge >= 0.3 is 0 Å². The molecule has 2 heterocycles. The molecule has 7 nitrogen and oxygen atoms in total. The van der Waals surface area contributed by atoms with E-state index in [0.29, 0.717) is 19.0 Å². The second-order valence-electron chi connectivity index (χ2n) is 4.90. The maximum atomic E-state index is 4.59. The number of nitrogens with zero attached hydrogens (tertiary/aromatic N) is 5. The Kier molecular flexibility index (Phi) is 7.73. The van der Waals surface area contributed by atoms with Gasteiger partial charge in [0.15, 0.2) is 5.96 Å². The van der Waals surface area contributed by atoms with Crippen LogP contribution in [0.1, 0.15) is 36.3 Å². The largest absolute Gasteiger partial charge is 0.350 e. The predicted molar refractivity (Wildman–Crippen MR) is 99.7 cm³/mol. The molecule has 0 saturated carbocycles. The van der Waals surface area contributed by atoms with E-state index in [2.05, 4.69) is 49.9 Å². The van der Waals surface area contributed by atoms with Crippen molar-refractivity contribution >= 4 is 41.3 Å². The zero-order valence-corrected chi connectivity index (χ0v) is 16.3. The molecular weight excluding hydrogens is 413 g/mol. The van der Waals surface area contributed by atoms with Gasteiger partial charge in [0.25, 0.3) is 0 Å². The summed E-state index contributed by atoms with van der Waals surface area (Å²) >= 11 is 1.67. The number of hydrogen-bond donors (Lipinski definition) is 2. The number of hydrogen-bond acceptors (Lipinski definition) is 5. The Morgan fingerprint density at radius 2 is 2.09 bits per heavy atom. The van der Waals surface area contributed by atoms with Crippen LogP contribution in [0.2, 0.25) is 0 Å². The smallest absolute Gasteiger partial charge is 0.191 e. The number of rotatable bonds is 5. The van der Waals surface area contributed by atoms with Crippen molar-refractivity contribution < 1.29 is 0 Å². The van der Waals surface area contributed by atoms with E-state index < -0.39 is 0 Å². The molecule has 2 rings (SSSR count). The van der Waals surface area contributed by atoms with Crippen molar-refractivity contribution in [1.29, 1.82) is 0 Å². The number of aryl methyl sites for hydroxylation is 1. The first-order chi connectivity index (χ1) is 10.1. The van der Waals surface area contributed by atoms with Gasteiger partial charge in [-0.15, -0.1) is 35.3 Å². The normalized spacial score (nSPS) is 11.4. The fourth-order valence-electron chi connectivity index (χ4n) is 1.69. The molecule has 0 spiro atoms. The first-order valence-corrected chi connectivity index (χ1v) is 7.69. The van der Waals surface area contributed by atoms with Crippen LogP contribution in [-0.2, 0) is 20.1 Å². The Labute approximate surface area is 151 Å². The number of aliphatic imine (C=N–C) groups is 1. The summed E-state index contributed by atoms with van der Waals surface area (Å²) in [5, 5.41) is 13.6. The van der Waals surface area contributed by atoms with E-state index in [1.165, 1.54) is 6.33 Å². The number of guanidine groups is 1. The molecule has 0 unspecified atom stereocenters. The van der Waals surface area contributed by atoms with E-state index in [-0.39, 0.29) is 24.0 Å². The average Bonchev–Trinajstić information content (AvgIpc) is 3.08. The molecule has 0 saturated heterocycles. The van der Waals surface area contributed by atoms with E-state index in [0.717, 1.165) is 22.5 Å². The van der Waals surface area contributed by atoms with E-state index in [1.54, 1.807) is 23.1 Å². The predicted octanol–water partition coefficient (Wildman–Crippen LogP) is 1.88. The molecular formula is C13H22IN7S. The molecule has 0 aliphatic carbocycles. The summed E-state index contributed by atoms with van der Waals surface area (Å²) in [6.45, 7) is 5.53. The molecule has 0 fully saturated rings. The molecule has 2 aromatic heterocycles. The lowest BCUT2D eigenvalue weighted by atomic mass is 10.2. The van der Waals surface area contributed by atoms with Crippen molar-refractivity contribution in [2.45, 2.75) is 32.9 Å². The van der Waals surface area contributed by atoms with Gasteiger partial charge in [0, 0.05) is 19.5 Å². The molecule has 9 heteroatoms. The monoisotopic (exact) mass is 435 g/mol. The minimum Gasteiger partial charge on any atom is -0.350 e. The SMILES string of the molecule is CN=C(NCc1nc(C(C)C)cs1)NCc1ncnn1C.I. The highest BCUT2D eigenvalue weighted by atomic mass is 127. The van der Waals surface area contributed by atoms with Crippen LogP contribution in [-0.4, -0.2) is 32.8 Å². The Hall–Kier alpha value is -1.23. The van der Waals surface area contributed by atoms with E-state index in [4.69, 9.17) is 0 Å². The van der Waals surface area contributed by atoms with Gasteiger partial charge in [0.2, 0.25) is 0 Å². The summed E-state index contributed by atoms with van der Waals surface area (Å²) in [6.07, 6.45) is 1.54. The van der Waals surface area contributed by atoms with Gasteiger partial charge in [-0.1, -0.05) is 13.8 Å². The highest BCUT2D eigenvalue weighted by Crippen LogP contribution is 2.17. The van der Waals surface area contributed by atoms with Crippen LogP contribution in [0.3, 0.4) is 0 Å². The van der Waals surface area contributed by atoms with Crippen molar-refractivity contribution in [1.82, 2.24) is 30.4 Å². The average molecular weight is 435 g/mol. The summed E-state index contributed by atoms with van der Waals surface area (Å²) in [6, 6.07) is 0. The van der Waals surface area contributed by atoms with Gasteiger partial charge in [-0.2, -0.15) is 5.10 Å². The summed E-state index contributed by atoms with van der Waals surface area (Å²) in [4.78, 5) is 12.9. The van der Waals surface area contributed by atoms with Crippen molar-refractivity contribution in [2.75, 3.05) is 7.05 Å². The number of aromatic nitrogens is 4. The van der Waals surface area contributed by atoms with Crippen LogP contribution in [0, 0.1) is 0 Å². The Morgan fingerprint density at radius 1 is 1.36 bits per heavy atom. The van der Waals surface area contributed by atoms with Crippen LogP contribution < -0.4 is 10.6 Å². The third-order valence-electron chi connectivity index (χ3n) is 3.01. The van der Waals surface area contributed by atoms with Gasteiger partial charge in [-0.25, -0.2) is 9.97 Å². The summed E-state index contributed by atoms with van der Waals surface area (Å²) < 4.78 is 1.73. The van der Waals surface area contributed by atoms with Crippen LogP contribution in [0.25, 0.3) is 0 Å². The van der Waals surface area contributed by atoms with Crippen LogP contribution >= 0.6 is 35.3 Å². The molecule has 0 aromatic carbocycles. The fraction of sp³-hybridized carbons (Fsp3) is 0.538. The quantitative estimate of drug-likeness (QED) is 0.426. The standard InChI is InChI=1S/C13H21N7S.HI/c1-9(2)10-7-21-12(19-10)6-16-13(14-3)15-5-11-17-8-18-20(11)4;/h7-9H,5-6H2,1-4H3,(H2,14,15,16);1H. The van der Waals surface area contributed by atoms with Crippen LogP contribution in [0.15, 0.2) is 16.7 Å². The van der Waals surface area contributed by atoms with Crippen LogP contribution in [0.5, 0.6) is 0 Å². The molecule has 0 atom stereocenters. The summed E-state index contributed by atoms with van der Waals surface area (Å²) in [5.41, 5.74) is 1.14. The second-order valence-corrected chi connectivity index (χ2v) is 5.84. The van der Waals surface area contributed by atoms with Crippen molar-refractivity contribution in [3.05, 3.63) is 28.2 Å². The van der Waals surface area contributed by atoms with E-state index in [9.17, 15) is 0 Å². The van der Waals surface area contributed by atoms with Crippen molar-refractivity contribution in [3.8, 4) is 0 Å². The van der Waals surface area contributed by atoms with Gasteiger partial charge < -0.3 is 10.6 Å². The highest BCUT2D eigenvalue weighted by molar-refractivity contribution is 14.0. The molecule has 0 amide bonds. The van der Waals surface area contributed by atoms with Gasteiger partial charge in [-0.05, 0) is 5.92 Å². The second kappa shape index (κ2) is 9.03.